The number of carbonyl (C=O) groups excluding carboxylic acids is 1. The minimum atomic E-state index is -0.511. The molecule has 10 nitrogen and oxygen atoms in total. The zero-order valence-electron chi connectivity index (χ0n) is 27.1. The molecule has 238 valence electrons. The van der Waals surface area contributed by atoms with Gasteiger partial charge in [-0.1, -0.05) is 13.8 Å². The van der Waals surface area contributed by atoms with Gasteiger partial charge in [0.2, 0.25) is 0 Å². The molecule has 43 heavy (non-hydrogen) atoms. The number of hydrogen-bond donors (Lipinski definition) is 1. The maximum atomic E-state index is 14.3. The Hall–Kier alpha value is -2.89. The number of carbonyl (C=O) groups is 1. The lowest BCUT2D eigenvalue weighted by atomic mass is 9.76. The number of halogens is 1. The van der Waals surface area contributed by atoms with Crippen LogP contribution in [0.5, 0.6) is 11.6 Å². The van der Waals surface area contributed by atoms with Crippen molar-refractivity contribution in [1.29, 1.82) is 0 Å². The number of ether oxygens (including phenoxy) is 1. The number of anilines is 1. The van der Waals surface area contributed by atoms with Crippen LogP contribution in [0.4, 0.5) is 10.2 Å². The fourth-order valence-corrected chi connectivity index (χ4v) is 6.47. The molecule has 2 saturated heterocycles. The Kier molecular flexibility index (Phi) is 10.6. The van der Waals surface area contributed by atoms with E-state index in [-0.39, 0.29) is 40.7 Å². The van der Waals surface area contributed by atoms with Crippen LogP contribution in [-0.2, 0) is 0 Å². The minimum absolute atomic E-state index is 0.0508. The molecule has 0 aliphatic carbocycles. The fraction of sp³-hybridized carbons (Fsp3) is 0.688. The molecule has 2 aliphatic rings. The molecule has 0 saturated carbocycles. The van der Waals surface area contributed by atoms with Gasteiger partial charge in [-0.3, -0.25) is 9.69 Å². The van der Waals surface area contributed by atoms with Crippen LogP contribution in [-0.4, -0.2) is 111 Å². The van der Waals surface area contributed by atoms with Gasteiger partial charge in [0.25, 0.3) is 11.8 Å². The van der Waals surface area contributed by atoms with Crippen molar-refractivity contribution in [2.75, 3.05) is 51.2 Å². The minimum Gasteiger partial charge on any atom is -0.434 e. The van der Waals surface area contributed by atoms with Gasteiger partial charge in [0.15, 0.2) is 5.82 Å². The highest BCUT2D eigenvalue weighted by molar-refractivity contribution is 5.97. The van der Waals surface area contributed by atoms with Gasteiger partial charge in [-0.15, -0.1) is 10.2 Å². The van der Waals surface area contributed by atoms with Crippen molar-refractivity contribution in [3.8, 4) is 11.6 Å². The zero-order chi connectivity index (χ0) is 31.5. The average Bonchev–Trinajstić information content (AvgIpc) is 3.38. The molecule has 1 spiro atoms. The number of aliphatic hydroxyl groups excluding tert-OH is 1. The van der Waals surface area contributed by atoms with Crippen molar-refractivity contribution < 1.29 is 19.0 Å². The van der Waals surface area contributed by atoms with Crippen LogP contribution in [0.15, 0.2) is 24.5 Å². The number of aliphatic hydroxyl groups is 1. The second kappa shape index (κ2) is 13.8. The summed E-state index contributed by atoms with van der Waals surface area (Å²) in [5, 5.41) is 19.0. The molecule has 2 aromatic rings. The van der Waals surface area contributed by atoms with Gasteiger partial charge in [0.05, 0.1) is 11.7 Å². The number of likely N-dealkylation sites (N-methyl/N-ethyl adjacent to an activating group) is 1. The summed E-state index contributed by atoms with van der Waals surface area (Å²) in [7, 11) is 2.06. The van der Waals surface area contributed by atoms with Gasteiger partial charge >= 0.3 is 0 Å². The largest absolute Gasteiger partial charge is 0.434 e. The molecule has 2 aliphatic heterocycles. The molecule has 0 unspecified atom stereocenters. The average molecular weight is 600 g/mol. The lowest BCUT2D eigenvalue weighted by Gasteiger charge is -2.53. The summed E-state index contributed by atoms with van der Waals surface area (Å²) in [6, 6.07) is 4.61. The van der Waals surface area contributed by atoms with Crippen molar-refractivity contribution >= 4 is 11.7 Å². The second-order valence-electron chi connectivity index (χ2n) is 13.3. The Balaban J connectivity index is 1.45. The van der Waals surface area contributed by atoms with Crippen LogP contribution in [0, 0.1) is 17.2 Å². The Morgan fingerprint density at radius 2 is 1.86 bits per heavy atom. The smallest absolute Gasteiger partial charge is 0.282 e. The lowest BCUT2D eigenvalue weighted by Crippen LogP contribution is -2.62. The van der Waals surface area contributed by atoms with E-state index in [1.54, 1.807) is 4.90 Å². The summed E-state index contributed by atoms with van der Waals surface area (Å²) < 4.78 is 20.4. The highest BCUT2D eigenvalue weighted by Gasteiger charge is 2.50. The third-order valence-corrected chi connectivity index (χ3v) is 9.12. The molecule has 1 amide bonds. The summed E-state index contributed by atoms with van der Waals surface area (Å²) in [6.07, 6.45) is 2.80. The van der Waals surface area contributed by atoms with Crippen LogP contribution in [0.2, 0.25) is 0 Å². The molecule has 2 fully saturated rings. The van der Waals surface area contributed by atoms with E-state index in [0.717, 1.165) is 39.0 Å². The first kappa shape index (κ1) is 33.0. The monoisotopic (exact) mass is 599 g/mol. The molecule has 0 radical (unpaired) electrons. The summed E-state index contributed by atoms with van der Waals surface area (Å²) in [5.74, 6) is 0.605. The normalized spacial score (nSPS) is 18.1. The molecular weight excluding hydrogens is 549 g/mol. The van der Waals surface area contributed by atoms with E-state index in [2.05, 4.69) is 64.6 Å². The van der Waals surface area contributed by atoms with Crippen LogP contribution in [0.25, 0.3) is 0 Å². The number of amides is 1. The highest BCUT2D eigenvalue weighted by atomic mass is 19.1. The maximum absolute atomic E-state index is 14.3. The number of nitrogens with zero attached hydrogens (tertiary/aromatic N) is 7. The Labute approximate surface area is 256 Å². The predicted molar refractivity (Wildman–Crippen MR) is 166 cm³/mol. The standard InChI is InChI=1S/C32H50FN7O3/c1-9-40(23(6)7)31(42)26-14-24(33)10-11-28(26)43-30-29(34-20-35-36-30)38-13-12-32(17-38)18-39(19-32)27(21(2)3)15-25(41)16-37(8)22(4)5/h10-11,14,20-23,25,27,41H,9,12-13,15-19H2,1-8H3/t25-,27-/m1/s1. The third kappa shape index (κ3) is 7.61. The van der Waals surface area contributed by atoms with E-state index in [1.165, 1.54) is 24.5 Å². The van der Waals surface area contributed by atoms with E-state index >= 15 is 0 Å². The van der Waals surface area contributed by atoms with Crippen molar-refractivity contribution in [3.63, 3.8) is 0 Å². The van der Waals surface area contributed by atoms with E-state index in [9.17, 15) is 14.3 Å². The van der Waals surface area contributed by atoms with E-state index < -0.39 is 5.82 Å². The van der Waals surface area contributed by atoms with Gasteiger partial charge < -0.3 is 24.5 Å². The highest BCUT2D eigenvalue weighted by Crippen LogP contribution is 2.44. The zero-order valence-corrected chi connectivity index (χ0v) is 27.1. The fourth-order valence-electron chi connectivity index (χ4n) is 6.47. The van der Waals surface area contributed by atoms with E-state index in [0.29, 0.717) is 36.9 Å². The van der Waals surface area contributed by atoms with Crippen LogP contribution < -0.4 is 9.64 Å². The van der Waals surface area contributed by atoms with E-state index in [4.69, 9.17) is 4.74 Å². The molecule has 1 aromatic carbocycles. The first-order valence-corrected chi connectivity index (χ1v) is 15.7. The van der Waals surface area contributed by atoms with E-state index in [1.807, 2.05) is 20.8 Å². The summed E-state index contributed by atoms with van der Waals surface area (Å²) in [4.78, 5) is 26.4. The molecule has 11 heteroatoms. The Bertz CT molecular complexity index is 1240. The van der Waals surface area contributed by atoms with Crippen molar-refractivity contribution in [3.05, 3.63) is 35.9 Å². The quantitative estimate of drug-likeness (QED) is 0.361. The number of rotatable bonds is 13. The van der Waals surface area contributed by atoms with Gasteiger partial charge in [0, 0.05) is 62.8 Å². The maximum Gasteiger partial charge on any atom is 0.282 e. The topological polar surface area (TPSA) is 98.2 Å². The first-order chi connectivity index (χ1) is 20.3. The predicted octanol–water partition coefficient (Wildman–Crippen LogP) is 4.30. The summed E-state index contributed by atoms with van der Waals surface area (Å²) in [6.45, 7) is 19.2. The number of benzene rings is 1. The van der Waals surface area contributed by atoms with Crippen LogP contribution in [0.3, 0.4) is 0 Å². The molecule has 1 N–H and O–H groups in total. The molecule has 3 heterocycles. The van der Waals surface area contributed by atoms with Gasteiger partial charge in [-0.2, -0.15) is 0 Å². The summed E-state index contributed by atoms with van der Waals surface area (Å²) in [5.41, 5.74) is 0.270. The lowest BCUT2D eigenvalue weighted by molar-refractivity contribution is -0.0487. The molecule has 0 bridgehead atoms. The first-order valence-electron chi connectivity index (χ1n) is 15.7. The summed E-state index contributed by atoms with van der Waals surface area (Å²) >= 11 is 0. The second-order valence-corrected chi connectivity index (χ2v) is 13.3. The third-order valence-electron chi connectivity index (χ3n) is 9.12. The number of hydrogen-bond acceptors (Lipinski definition) is 9. The molecule has 4 rings (SSSR count). The number of aromatic nitrogens is 3. The van der Waals surface area contributed by atoms with Crippen molar-refractivity contribution in [2.24, 2.45) is 11.3 Å². The molecule has 1 aromatic heterocycles. The molecule has 2 atom stereocenters. The van der Waals surface area contributed by atoms with Gasteiger partial charge in [-0.25, -0.2) is 9.37 Å². The van der Waals surface area contributed by atoms with Gasteiger partial charge in [0.1, 0.15) is 17.9 Å². The molecular formula is C32H50FN7O3. The Morgan fingerprint density at radius 3 is 2.49 bits per heavy atom. The van der Waals surface area contributed by atoms with Crippen LogP contribution >= 0.6 is 0 Å². The Morgan fingerprint density at radius 1 is 1.14 bits per heavy atom. The SMILES string of the molecule is CCN(C(=O)c1cc(F)ccc1Oc1nncnc1N1CCC2(C1)CN([C@H](C[C@@H](O)CN(C)C(C)C)C(C)C)C2)C(C)C. The number of likely N-dealkylation sites (tertiary alicyclic amines) is 1. The van der Waals surface area contributed by atoms with Gasteiger partial charge in [-0.05, 0) is 78.6 Å². The van der Waals surface area contributed by atoms with Crippen LogP contribution in [0.1, 0.15) is 71.7 Å². The van der Waals surface area contributed by atoms with Crippen molar-refractivity contribution in [1.82, 2.24) is 29.9 Å². The van der Waals surface area contributed by atoms with Crippen molar-refractivity contribution in [2.45, 2.75) is 85.5 Å².